The lowest BCUT2D eigenvalue weighted by atomic mass is 9.89. The normalized spacial score (nSPS) is 17.1. The molecule has 0 heterocycles. The van der Waals surface area contributed by atoms with E-state index < -0.39 is 99.0 Å². The van der Waals surface area contributed by atoms with Crippen LogP contribution in [0.1, 0.15) is 52.9 Å². The summed E-state index contributed by atoms with van der Waals surface area (Å²) in [6.45, 7) is 1.57. The van der Waals surface area contributed by atoms with Crippen molar-refractivity contribution in [3.05, 3.63) is 0 Å². The first-order valence-electron chi connectivity index (χ1n) is 10.5. The van der Waals surface area contributed by atoms with Crippen molar-refractivity contribution in [2.45, 2.75) is 96.1 Å². The van der Waals surface area contributed by atoms with E-state index >= 15 is 0 Å². The first-order valence-corrected chi connectivity index (χ1v) is 10.5. The fourth-order valence-electron chi connectivity index (χ4n) is 2.14. The number of hydrogen-bond donors (Lipinski definition) is 0. The largest absolute Gasteiger partial charge is 0.392 e. The van der Waals surface area contributed by atoms with Gasteiger partial charge in [0, 0.05) is 12.8 Å². The highest BCUT2D eigenvalue weighted by Gasteiger charge is 2.56. The van der Waals surface area contributed by atoms with Crippen molar-refractivity contribution in [3.8, 4) is 0 Å². The molecule has 0 amide bonds. The van der Waals surface area contributed by atoms with Crippen LogP contribution in [0.5, 0.6) is 0 Å². The lowest BCUT2D eigenvalue weighted by Gasteiger charge is -2.28. The van der Waals surface area contributed by atoms with Gasteiger partial charge in [-0.15, -0.1) is 0 Å². The highest BCUT2D eigenvalue weighted by atomic mass is 19.4. The molecule has 21 heteroatoms. The van der Waals surface area contributed by atoms with Crippen molar-refractivity contribution in [1.82, 2.24) is 0 Å². The van der Waals surface area contributed by atoms with Crippen LogP contribution in [0.15, 0.2) is 0 Å². The zero-order valence-corrected chi connectivity index (χ0v) is 20.3. The van der Waals surface area contributed by atoms with E-state index in [2.05, 4.69) is 0 Å². The summed E-state index contributed by atoms with van der Waals surface area (Å²) in [7, 11) is 0. The monoisotopic (exact) mass is 650 g/mol. The summed E-state index contributed by atoms with van der Waals surface area (Å²) in [6, 6.07) is 0. The van der Waals surface area contributed by atoms with E-state index in [4.69, 9.17) is 0 Å². The quantitative estimate of drug-likeness (QED) is 0.251. The van der Waals surface area contributed by atoms with Gasteiger partial charge in [0.05, 0.1) is 30.1 Å². The molecule has 0 bridgehead atoms. The van der Waals surface area contributed by atoms with Crippen LogP contribution in [-0.2, 0) is 0 Å². The molecule has 0 aliphatic carbocycles. The Kier molecular flexibility index (Phi) is 16.3. The van der Waals surface area contributed by atoms with Gasteiger partial charge in [-0.05, 0) is 12.8 Å². The molecule has 0 spiro atoms. The molecular weight excluding hydrogens is 627 g/mol. The minimum Gasteiger partial charge on any atom is -0.171 e. The topological polar surface area (TPSA) is 0 Å². The lowest BCUT2D eigenvalue weighted by molar-refractivity contribution is -0.272. The minimum absolute atomic E-state index is 0.0872. The van der Waals surface area contributed by atoms with E-state index in [0.717, 1.165) is 13.8 Å². The van der Waals surface area contributed by atoms with Gasteiger partial charge in [0.25, 0.3) is 0 Å². The Labute approximate surface area is 213 Å². The summed E-state index contributed by atoms with van der Waals surface area (Å²) in [6.07, 6.45) is -41.3. The molecule has 0 aliphatic rings. The number of hydrogen-bond acceptors (Lipinski definition) is 0. The molecule has 0 aromatic heterocycles. The van der Waals surface area contributed by atoms with Gasteiger partial charge in [0.1, 0.15) is 0 Å². The lowest BCUT2D eigenvalue weighted by Crippen LogP contribution is -2.39. The fraction of sp³-hybridized carbons (Fsp3) is 1.00. The van der Waals surface area contributed by atoms with Gasteiger partial charge in [-0.25, -0.2) is 0 Å². The molecule has 40 heavy (non-hydrogen) atoms. The molecular formula is C19H23F21. The summed E-state index contributed by atoms with van der Waals surface area (Å²) in [5.41, 5.74) is 0. The Balaban J connectivity index is -0.000000522. The molecule has 4 atom stereocenters. The Morgan fingerprint density at radius 1 is 0.375 bits per heavy atom. The van der Waals surface area contributed by atoms with E-state index in [-0.39, 0.29) is 6.92 Å². The van der Waals surface area contributed by atoms with Gasteiger partial charge in [0.15, 0.2) is 0 Å². The first kappa shape index (κ1) is 43.0. The molecule has 0 radical (unpaired) electrons. The first-order chi connectivity index (χ1) is 17.0. The summed E-state index contributed by atoms with van der Waals surface area (Å²) in [5.74, 6) is -10.3. The Bertz CT molecular complexity index is 634. The molecule has 0 aromatic rings. The van der Waals surface area contributed by atoms with Crippen LogP contribution < -0.4 is 0 Å². The van der Waals surface area contributed by atoms with E-state index in [1.165, 1.54) is 0 Å². The smallest absolute Gasteiger partial charge is 0.171 e. The number of rotatable bonds is 6. The summed E-state index contributed by atoms with van der Waals surface area (Å²) < 4.78 is 246. The Morgan fingerprint density at radius 2 is 0.650 bits per heavy atom. The third-order valence-electron chi connectivity index (χ3n) is 4.83. The van der Waals surface area contributed by atoms with E-state index in [1.54, 1.807) is 0 Å². The Morgan fingerprint density at radius 3 is 0.800 bits per heavy atom. The summed E-state index contributed by atoms with van der Waals surface area (Å²) >= 11 is 0. The number of alkyl halides is 21. The fourth-order valence-corrected chi connectivity index (χ4v) is 2.14. The van der Waals surface area contributed by atoms with Crippen molar-refractivity contribution in [3.63, 3.8) is 0 Å². The average molecular weight is 650 g/mol. The van der Waals surface area contributed by atoms with Crippen molar-refractivity contribution in [2.75, 3.05) is 0 Å². The van der Waals surface area contributed by atoms with Crippen LogP contribution in [0, 0.1) is 23.7 Å². The van der Waals surface area contributed by atoms with E-state index in [0.29, 0.717) is 0 Å². The molecule has 0 nitrogen and oxygen atoms in total. The van der Waals surface area contributed by atoms with Crippen LogP contribution in [0.3, 0.4) is 0 Å². The van der Waals surface area contributed by atoms with Crippen LogP contribution >= 0.6 is 0 Å². The molecule has 0 aromatic carbocycles. The van der Waals surface area contributed by atoms with Crippen molar-refractivity contribution in [1.29, 1.82) is 0 Å². The summed E-state index contributed by atoms with van der Waals surface area (Å²) in [5, 5.41) is 0. The predicted octanol–water partition coefficient (Wildman–Crippen LogP) is 11.4. The zero-order chi connectivity index (χ0) is 33.3. The van der Waals surface area contributed by atoms with Crippen molar-refractivity contribution >= 4 is 0 Å². The zero-order valence-electron chi connectivity index (χ0n) is 20.3. The van der Waals surface area contributed by atoms with E-state index in [1.807, 2.05) is 0 Å². The summed E-state index contributed by atoms with van der Waals surface area (Å²) in [4.78, 5) is 0. The second kappa shape index (κ2) is 15.1. The minimum atomic E-state index is -5.54. The van der Waals surface area contributed by atoms with E-state index in [9.17, 15) is 92.2 Å². The van der Waals surface area contributed by atoms with Gasteiger partial charge in [0.2, 0.25) is 0 Å². The number of halogens is 21. The molecule has 0 rings (SSSR count). The Hall–Kier alpha value is -1.47. The van der Waals surface area contributed by atoms with Gasteiger partial charge in [-0.3, -0.25) is 0 Å². The maximum absolute atomic E-state index is 12.0. The maximum Gasteiger partial charge on any atom is 0.392 e. The van der Waals surface area contributed by atoms with Gasteiger partial charge in [-0.2, -0.15) is 92.2 Å². The van der Waals surface area contributed by atoms with Crippen molar-refractivity contribution < 1.29 is 92.2 Å². The highest BCUT2D eigenvalue weighted by molar-refractivity contribution is 4.80. The van der Waals surface area contributed by atoms with Crippen LogP contribution in [0.4, 0.5) is 92.2 Å². The second-order valence-electron chi connectivity index (χ2n) is 8.49. The highest BCUT2D eigenvalue weighted by Crippen LogP contribution is 2.45. The van der Waals surface area contributed by atoms with Crippen LogP contribution in [0.2, 0.25) is 0 Å². The van der Waals surface area contributed by atoms with Gasteiger partial charge < -0.3 is 0 Å². The van der Waals surface area contributed by atoms with Crippen LogP contribution in [0.25, 0.3) is 0 Å². The van der Waals surface area contributed by atoms with Gasteiger partial charge in [-0.1, -0.05) is 20.8 Å². The molecule has 0 saturated carbocycles. The molecule has 246 valence electrons. The third kappa shape index (κ3) is 24.3. The third-order valence-corrected chi connectivity index (χ3v) is 4.83. The van der Waals surface area contributed by atoms with Crippen molar-refractivity contribution in [2.24, 2.45) is 23.7 Å². The molecule has 4 unspecified atom stereocenters. The standard InChI is InChI=1S/C7H7F9.2C6H8F6/c1-3(6(11,12)13)4(7(14,15)16)2-5(8,9)10;2*1-4(6(10,11)12)2-3-5(7,8)9/h3-4H,2H2,1H3;2*4H,2-3H2,1H3. The molecule has 0 aliphatic heterocycles. The molecule has 0 saturated heterocycles. The molecule has 0 fully saturated rings. The second-order valence-corrected chi connectivity index (χ2v) is 8.49. The predicted molar refractivity (Wildman–Crippen MR) is 96.5 cm³/mol. The van der Waals surface area contributed by atoms with Gasteiger partial charge >= 0.3 is 43.2 Å². The SMILES string of the molecule is CC(C(CC(F)(F)F)C(F)(F)F)C(F)(F)F.CC(CCC(F)(F)F)C(F)(F)F.CC(CCC(F)(F)F)C(F)(F)F. The van der Waals surface area contributed by atoms with Crippen LogP contribution in [-0.4, -0.2) is 43.2 Å². The maximum atomic E-state index is 12.0. The average Bonchev–Trinajstić information content (AvgIpc) is 2.64. The molecule has 0 N–H and O–H groups in total.